The van der Waals surface area contributed by atoms with Gasteiger partial charge in [-0.2, -0.15) is 0 Å². The van der Waals surface area contributed by atoms with Crippen molar-refractivity contribution in [3.63, 3.8) is 0 Å². The largest absolute Gasteiger partial charge is 0.333 e. The number of aromatic nitrogens is 3. The number of allylic oxidation sites excluding steroid dienone is 8. The summed E-state index contributed by atoms with van der Waals surface area (Å²) in [6.07, 6.45) is 15.5. The van der Waals surface area contributed by atoms with Crippen molar-refractivity contribution in [2.45, 2.75) is 56.9 Å². The Morgan fingerprint density at radius 1 is 0.543 bits per heavy atom. The second kappa shape index (κ2) is 14.1. The minimum Gasteiger partial charge on any atom is -0.333 e. The first-order valence-corrected chi connectivity index (χ1v) is 25.2. The summed E-state index contributed by atoms with van der Waals surface area (Å²) in [4.78, 5) is 11.8. The molecule has 3 nitrogen and oxygen atoms in total. The van der Waals surface area contributed by atoms with E-state index in [9.17, 15) is 0 Å². The first kappa shape index (κ1) is 40.0. The van der Waals surface area contributed by atoms with Crippen LogP contribution in [0.4, 0.5) is 0 Å². The molecule has 0 fully saturated rings. The number of fused-ring (bicyclic) bond motifs is 17. The van der Waals surface area contributed by atoms with Gasteiger partial charge in [0.2, 0.25) is 0 Å². The van der Waals surface area contributed by atoms with Crippen LogP contribution in [-0.2, 0) is 10.8 Å². The normalized spacial score (nSPS) is 21.9. The lowest BCUT2D eigenvalue weighted by Gasteiger charge is -2.52. The zero-order chi connectivity index (χ0) is 46.7. The zero-order valence-electron chi connectivity index (χ0n) is 39.9. The van der Waals surface area contributed by atoms with Crippen LogP contribution in [0.3, 0.4) is 0 Å². The Balaban J connectivity index is 0.925. The first-order valence-electron chi connectivity index (χ1n) is 25.2. The molecule has 5 aliphatic carbocycles. The predicted octanol–water partition coefficient (Wildman–Crippen LogP) is 16.5. The third kappa shape index (κ3) is 5.25. The highest BCUT2D eigenvalue weighted by Crippen LogP contribution is 2.67. The van der Waals surface area contributed by atoms with Crippen LogP contribution in [0.5, 0.6) is 0 Å². The summed E-state index contributed by atoms with van der Waals surface area (Å²) in [7, 11) is 0. The highest BCUT2D eigenvalue weighted by molar-refractivity contribution is 6.16. The molecule has 4 atom stereocenters. The van der Waals surface area contributed by atoms with Crippen LogP contribution in [0.2, 0.25) is 0 Å². The second-order valence-corrected chi connectivity index (χ2v) is 21.6. The van der Waals surface area contributed by atoms with E-state index in [-0.39, 0.29) is 34.1 Å². The van der Waals surface area contributed by atoms with E-state index in [4.69, 9.17) is 9.97 Å². The lowest BCUT2D eigenvalue weighted by Crippen LogP contribution is -2.44. The van der Waals surface area contributed by atoms with Crippen molar-refractivity contribution in [3.05, 3.63) is 251 Å². The Kier molecular flexibility index (Phi) is 8.07. The Labute approximate surface area is 408 Å². The SMILES string of the molecule is CC1C=C(c2nc3c(nc2C2=CC=CC4(C)CC5(c6ccccc6-c6ccccc65)c5ccccc5C24)C(C)(C)c2ccccc2-3)C=CC1n1c2cc3ccccc3cc2c2cc3ccccc3cc21. The minimum atomic E-state index is -0.313. The van der Waals surface area contributed by atoms with Crippen molar-refractivity contribution >= 4 is 54.5 Å². The molecule has 4 unspecified atom stereocenters. The van der Waals surface area contributed by atoms with Crippen molar-refractivity contribution in [1.82, 2.24) is 14.5 Å². The van der Waals surface area contributed by atoms with E-state index in [1.165, 1.54) is 93.4 Å². The Hall–Kier alpha value is -7.88. The van der Waals surface area contributed by atoms with E-state index in [2.05, 4.69) is 239 Å². The van der Waals surface area contributed by atoms with Gasteiger partial charge in [0.15, 0.2) is 0 Å². The molecule has 10 aromatic rings. The van der Waals surface area contributed by atoms with Crippen LogP contribution in [0.1, 0.15) is 91.0 Å². The molecule has 0 aliphatic heterocycles. The van der Waals surface area contributed by atoms with Crippen molar-refractivity contribution in [2.75, 3.05) is 0 Å². The summed E-state index contributed by atoms with van der Waals surface area (Å²) in [5.41, 5.74) is 18.9. The summed E-state index contributed by atoms with van der Waals surface area (Å²) in [6, 6.07) is 63.8. The van der Waals surface area contributed by atoms with Gasteiger partial charge in [-0.05, 0) is 114 Å². The Bertz CT molecular complexity index is 3940. The molecule has 5 aliphatic rings. The van der Waals surface area contributed by atoms with Crippen molar-refractivity contribution in [1.29, 1.82) is 0 Å². The predicted molar refractivity (Wildman–Crippen MR) is 290 cm³/mol. The topological polar surface area (TPSA) is 30.7 Å². The van der Waals surface area contributed by atoms with Gasteiger partial charge in [-0.1, -0.05) is 210 Å². The van der Waals surface area contributed by atoms with Gasteiger partial charge >= 0.3 is 0 Å². The van der Waals surface area contributed by atoms with Crippen molar-refractivity contribution in [3.8, 4) is 22.4 Å². The maximum atomic E-state index is 5.96. The van der Waals surface area contributed by atoms with Gasteiger partial charge in [-0.3, -0.25) is 0 Å². The number of rotatable bonds is 3. The number of hydrogen-bond donors (Lipinski definition) is 0. The highest BCUT2D eigenvalue weighted by Gasteiger charge is 2.56. The molecule has 70 heavy (non-hydrogen) atoms. The first-order chi connectivity index (χ1) is 34.2. The average Bonchev–Trinajstić information content (AvgIpc) is 3.93. The fourth-order valence-electron chi connectivity index (χ4n) is 14.3. The van der Waals surface area contributed by atoms with Crippen LogP contribution in [0, 0.1) is 11.3 Å². The molecule has 0 saturated heterocycles. The average molecular weight is 898 g/mol. The lowest BCUT2D eigenvalue weighted by atomic mass is 9.50. The minimum absolute atomic E-state index is 0.0535. The molecule has 0 saturated carbocycles. The molecule has 334 valence electrons. The molecular formula is C67H51N3. The van der Waals surface area contributed by atoms with Crippen LogP contribution >= 0.6 is 0 Å². The van der Waals surface area contributed by atoms with E-state index >= 15 is 0 Å². The molecule has 0 amide bonds. The quantitative estimate of drug-likeness (QED) is 0.177. The lowest BCUT2D eigenvalue weighted by molar-refractivity contribution is 0.275. The third-order valence-corrected chi connectivity index (χ3v) is 17.3. The fourth-order valence-corrected chi connectivity index (χ4v) is 14.3. The summed E-state index contributed by atoms with van der Waals surface area (Å²) < 4.78 is 2.61. The van der Waals surface area contributed by atoms with Crippen molar-refractivity contribution < 1.29 is 0 Å². The highest BCUT2D eigenvalue weighted by atomic mass is 15.0. The van der Waals surface area contributed by atoms with Crippen LogP contribution in [0.15, 0.2) is 206 Å². The Morgan fingerprint density at radius 3 is 1.71 bits per heavy atom. The number of hydrogen-bond acceptors (Lipinski definition) is 2. The maximum Gasteiger partial charge on any atom is 0.0966 e. The van der Waals surface area contributed by atoms with Crippen LogP contribution in [0.25, 0.3) is 76.9 Å². The third-order valence-electron chi connectivity index (χ3n) is 17.3. The monoisotopic (exact) mass is 897 g/mol. The van der Waals surface area contributed by atoms with Gasteiger partial charge in [0, 0.05) is 33.1 Å². The van der Waals surface area contributed by atoms with Gasteiger partial charge < -0.3 is 4.57 Å². The molecule has 8 aromatic carbocycles. The molecule has 1 spiro atoms. The van der Waals surface area contributed by atoms with E-state index in [0.29, 0.717) is 0 Å². The fraction of sp³-hybridized carbons (Fsp3) is 0.164. The molecule has 0 N–H and O–H groups in total. The van der Waals surface area contributed by atoms with Gasteiger partial charge in [0.25, 0.3) is 0 Å². The molecule has 0 bridgehead atoms. The molecule has 2 heterocycles. The summed E-state index contributed by atoms with van der Waals surface area (Å²) in [5, 5.41) is 7.63. The van der Waals surface area contributed by atoms with Gasteiger partial charge in [-0.15, -0.1) is 0 Å². The summed E-state index contributed by atoms with van der Waals surface area (Å²) in [5.74, 6) is 0.199. The van der Waals surface area contributed by atoms with E-state index in [0.717, 1.165) is 34.8 Å². The van der Waals surface area contributed by atoms with Gasteiger partial charge in [0.05, 0.1) is 39.9 Å². The van der Waals surface area contributed by atoms with E-state index < -0.39 is 0 Å². The second-order valence-electron chi connectivity index (χ2n) is 21.6. The van der Waals surface area contributed by atoms with Crippen LogP contribution in [-0.4, -0.2) is 14.5 Å². The van der Waals surface area contributed by atoms with E-state index in [1.807, 2.05) is 0 Å². The molecular weight excluding hydrogens is 847 g/mol. The molecule has 0 radical (unpaired) electrons. The maximum absolute atomic E-state index is 5.96. The smallest absolute Gasteiger partial charge is 0.0966 e. The molecule has 15 rings (SSSR count). The zero-order valence-corrected chi connectivity index (χ0v) is 39.9. The molecule has 2 aromatic heterocycles. The standard InChI is InChI=1S/C67H51N3/c1-40-34-45(31-32-57(40)70-58-37-43-20-7-5-18-41(43)35-51(58)52-36-42-19-6-8-21-44(42)38-59(52)70)61-62(69-64-63(68-61)49-25-12-13-27-53(49)65(64,2)3)50-26-17-33-66(4)39-67(56-30-16-11-24-48(56)60(50)66)54-28-14-9-22-46(54)47-23-10-15-29-55(47)67/h5-38,40,57,60H,39H2,1-4H3. The summed E-state index contributed by atoms with van der Waals surface area (Å²) >= 11 is 0. The van der Waals surface area contributed by atoms with Gasteiger partial charge in [0.1, 0.15) is 0 Å². The van der Waals surface area contributed by atoms with Gasteiger partial charge in [-0.25, -0.2) is 9.97 Å². The molecule has 3 heteroatoms. The van der Waals surface area contributed by atoms with Crippen LogP contribution < -0.4 is 0 Å². The number of benzene rings is 8. The van der Waals surface area contributed by atoms with E-state index in [1.54, 1.807) is 0 Å². The summed E-state index contributed by atoms with van der Waals surface area (Å²) in [6.45, 7) is 9.55. The number of nitrogens with zero attached hydrogens (tertiary/aromatic N) is 3. The Morgan fingerprint density at radius 2 is 1.09 bits per heavy atom. The van der Waals surface area contributed by atoms with Crippen molar-refractivity contribution in [2.24, 2.45) is 11.3 Å².